The maximum Gasteiger partial charge on any atom is 0.119 e. The molecule has 0 spiro atoms. The number of benzene rings is 4. The molecule has 3 atom stereocenters. The smallest absolute Gasteiger partial charge is 0.119 e. The van der Waals surface area contributed by atoms with Gasteiger partial charge in [0.2, 0.25) is 0 Å². The molecular formula is C32H34BrP. The van der Waals surface area contributed by atoms with E-state index in [1.165, 1.54) is 34.3 Å². The van der Waals surface area contributed by atoms with Crippen molar-refractivity contribution in [3.05, 3.63) is 126 Å². The van der Waals surface area contributed by atoms with Crippen LogP contribution in [0.2, 0.25) is 0 Å². The second kappa shape index (κ2) is 10.6. The van der Waals surface area contributed by atoms with Crippen molar-refractivity contribution in [2.45, 2.75) is 51.1 Å². The molecule has 34 heavy (non-hydrogen) atoms. The summed E-state index contributed by atoms with van der Waals surface area (Å²) < 4.78 is 0. The van der Waals surface area contributed by atoms with E-state index in [1.807, 2.05) is 0 Å². The van der Waals surface area contributed by atoms with E-state index >= 15 is 0 Å². The molecule has 0 saturated carbocycles. The molecule has 4 aromatic carbocycles. The Balaban J connectivity index is 0.00000274. The highest BCUT2D eigenvalue weighted by Gasteiger charge is 2.51. The van der Waals surface area contributed by atoms with Gasteiger partial charge >= 0.3 is 0 Å². The average molecular weight is 530 g/mol. The Morgan fingerprint density at radius 2 is 1.00 bits per heavy atom. The molecule has 0 heterocycles. The lowest BCUT2D eigenvalue weighted by molar-refractivity contribution is -0.00000658. The molecule has 1 aliphatic rings. The molecular weight excluding hydrogens is 495 g/mol. The highest BCUT2D eigenvalue weighted by atomic mass is 79.9. The zero-order valence-electron chi connectivity index (χ0n) is 20.4. The van der Waals surface area contributed by atoms with Crippen LogP contribution < -0.4 is 32.9 Å². The Bertz CT molecular complexity index is 1110. The van der Waals surface area contributed by atoms with Gasteiger partial charge in [0, 0.05) is 0 Å². The molecule has 0 radical (unpaired) electrons. The van der Waals surface area contributed by atoms with Gasteiger partial charge in [0.25, 0.3) is 0 Å². The average Bonchev–Trinajstić information content (AvgIpc) is 2.88. The molecule has 0 bridgehead atoms. The van der Waals surface area contributed by atoms with Crippen molar-refractivity contribution >= 4 is 23.2 Å². The minimum Gasteiger partial charge on any atom is -1.00 e. The van der Waals surface area contributed by atoms with Gasteiger partial charge in [-0.05, 0) is 84.7 Å². The van der Waals surface area contributed by atoms with Crippen LogP contribution in [-0.4, -0.2) is 0 Å². The first kappa shape index (κ1) is 24.9. The fourth-order valence-electron chi connectivity index (χ4n) is 5.87. The minimum atomic E-state index is -1.94. The van der Waals surface area contributed by atoms with E-state index < -0.39 is 7.26 Å². The molecule has 0 amide bonds. The van der Waals surface area contributed by atoms with Crippen LogP contribution in [0.1, 0.15) is 67.8 Å². The van der Waals surface area contributed by atoms with Gasteiger partial charge in [0.15, 0.2) is 0 Å². The third-order valence-electron chi connectivity index (χ3n) is 7.76. The number of hydrogen-bond acceptors (Lipinski definition) is 0. The Morgan fingerprint density at radius 1 is 0.588 bits per heavy atom. The van der Waals surface area contributed by atoms with Crippen molar-refractivity contribution in [3.8, 4) is 0 Å². The summed E-state index contributed by atoms with van der Waals surface area (Å²) in [6, 6.07) is 41.2. The Morgan fingerprint density at radius 3 is 1.44 bits per heavy atom. The van der Waals surface area contributed by atoms with Crippen LogP contribution in [0, 0.1) is 0 Å². The summed E-state index contributed by atoms with van der Waals surface area (Å²) in [7, 11) is -1.94. The van der Waals surface area contributed by atoms with Gasteiger partial charge in [0.1, 0.15) is 28.8 Å². The van der Waals surface area contributed by atoms with E-state index in [2.05, 4.69) is 130 Å². The van der Waals surface area contributed by atoms with Gasteiger partial charge in [0.05, 0.1) is 0 Å². The van der Waals surface area contributed by atoms with Crippen molar-refractivity contribution in [1.29, 1.82) is 0 Å². The first-order chi connectivity index (χ1) is 16.1. The minimum absolute atomic E-state index is 0. The first-order valence-electron chi connectivity index (χ1n) is 12.3. The van der Waals surface area contributed by atoms with E-state index in [0.717, 1.165) is 0 Å². The number of rotatable bonds is 5. The summed E-state index contributed by atoms with van der Waals surface area (Å²) in [5.41, 5.74) is 4.98. The largest absolute Gasteiger partial charge is 1.00 e. The van der Waals surface area contributed by atoms with Gasteiger partial charge in [-0.25, -0.2) is 0 Å². The number of fused-ring (bicyclic) bond motifs is 1. The molecule has 1 aliphatic carbocycles. The van der Waals surface area contributed by atoms with Gasteiger partial charge in [-0.3, -0.25) is 0 Å². The highest BCUT2D eigenvalue weighted by molar-refractivity contribution is 7.95. The van der Waals surface area contributed by atoms with Crippen LogP contribution in [-0.2, 0) is 0 Å². The lowest BCUT2D eigenvalue weighted by Crippen LogP contribution is -3.00. The van der Waals surface area contributed by atoms with Crippen molar-refractivity contribution in [3.63, 3.8) is 0 Å². The standard InChI is InChI=1S/C32H34P.BrH/c1-24-19-20-25(2)32-23-27(21-22-31(24)32)26(3)33(28-13-7-4-8-14-28,29-15-9-5-10-16-29)30-17-11-6-12-18-30;/h4-18,21-26H,19-20H2,1-3H3;1H/q+1;/p-1. The van der Waals surface area contributed by atoms with Crippen molar-refractivity contribution < 1.29 is 17.0 Å². The van der Waals surface area contributed by atoms with E-state index in [0.29, 0.717) is 17.5 Å². The van der Waals surface area contributed by atoms with Crippen LogP contribution in [0.5, 0.6) is 0 Å². The quantitative estimate of drug-likeness (QED) is 0.328. The zero-order valence-corrected chi connectivity index (χ0v) is 22.8. The van der Waals surface area contributed by atoms with Crippen molar-refractivity contribution in [2.24, 2.45) is 0 Å². The van der Waals surface area contributed by atoms with Gasteiger partial charge in [-0.1, -0.05) is 86.6 Å². The van der Waals surface area contributed by atoms with Crippen LogP contribution in [0.3, 0.4) is 0 Å². The normalized spacial score (nSPS) is 18.4. The Kier molecular flexibility index (Phi) is 7.76. The van der Waals surface area contributed by atoms with E-state index in [-0.39, 0.29) is 17.0 Å². The number of halogens is 1. The fraction of sp³-hybridized carbons (Fsp3) is 0.250. The molecule has 174 valence electrons. The summed E-state index contributed by atoms with van der Waals surface area (Å²) in [4.78, 5) is 0. The van der Waals surface area contributed by atoms with E-state index in [9.17, 15) is 0 Å². The summed E-state index contributed by atoms with van der Waals surface area (Å²) in [5.74, 6) is 1.30. The maximum absolute atomic E-state index is 2.56. The molecule has 5 rings (SSSR count). The molecule has 0 fully saturated rings. The fourth-order valence-corrected chi connectivity index (χ4v) is 10.6. The third-order valence-corrected chi connectivity index (χ3v) is 12.6. The molecule has 0 N–H and O–H groups in total. The molecule has 0 nitrogen and oxygen atoms in total. The molecule has 2 heteroatoms. The number of hydrogen-bond donors (Lipinski definition) is 0. The third kappa shape index (κ3) is 4.30. The van der Waals surface area contributed by atoms with E-state index in [4.69, 9.17) is 0 Å². The summed E-state index contributed by atoms with van der Waals surface area (Å²) in [5, 5.41) is 4.36. The van der Waals surface area contributed by atoms with Gasteiger partial charge < -0.3 is 17.0 Å². The lowest BCUT2D eigenvalue weighted by Gasteiger charge is -2.34. The van der Waals surface area contributed by atoms with Crippen LogP contribution in [0.4, 0.5) is 0 Å². The SMILES string of the molecule is CC1CCC(C)c2cc(C(C)[P+](c3ccccc3)(c3ccccc3)c3ccccc3)ccc21.[Br-]. The Labute approximate surface area is 216 Å². The second-order valence-corrected chi connectivity index (χ2v) is 13.4. The van der Waals surface area contributed by atoms with E-state index in [1.54, 1.807) is 11.1 Å². The van der Waals surface area contributed by atoms with Crippen molar-refractivity contribution in [2.75, 3.05) is 0 Å². The van der Waals surface area contributed by atoms with Crippen LogP contribution in [0.15, 0.2) is 109 Å². The van der Waals surface area contributed by atoms with Crippen LogP contribution >= 0.6 is 7.26 Å². The maximum atomic E-state index is 2.56. The first-order valence-corrected chi connectivity index (χ1v) is 14.2. The predicted octanol–water partition coefficient (Wildman–Crippen LogP) is 4.75. The summed E-state index contributed by atoms with van der Waals surface area (Å²) in [6.45, 7) is 7.27. The van der Waals surface area contributed by atoms with Gasteiger partial charge in [-0.2, -0.15) is 0 Å². The highest BCUT2D eigenvalue weighted by Crippen LogP contribution is 2.66. The van der Waals surface area contributed by atoms with Crippen LogP contribution in [0.25, 0.3) is 0 Å². The second-order valence-electron chi connectivity index (χ2n) is 9.67. The Hall–Kier alpha value is -2.21. The molecule has 3 unspecified atom stereocenters. The van der Waals surface area contributed by atoms with Crippen molar-refractivity contribution in [1.82, 2.24) is 0 Å². The monoisotopic (exact) mass is 528 g/mol. The molecule has 0 aliphatic heterocycles. The lowest BCUT2D eigenvalue weighted by atomic mass is 9.77. The topological polar surface area (TPSA) is 0 Å². The summed E-state index contributed by atoms with van der Waals surface area (Å²) >= 11 is 0. The van der Waals surface area contributed by atoms with Gasteiger partial charge in [-0.15, -0.1) is 0 Å². The molecule has 4 aromatic rings. The molecule has 0 saturated heterocycles. The predicted molar refractivity (Wildman–Crippen MR) is 146 cm³/mol. The summed E-state index contributed by atoms with van der Waals surface area (Å²) in [6.07, 6.45) is 2.60. The zero-order chi connectivity index (χ0) is 22.8. The molecule has 0 aromatic heterocycles.